The highest BCUT2D eigenvalue weighted by Gasteiger charge is 2.05. The Morgan fingerprint density at radius 3 is 2.73 bits per heavy atom. The first-order valence-electron chi connectivity index (χ1n) is 4.94. The van der Waals surface area contributed by atoms with Crippen LogP contribution in [0.1, 0.15) is 23.9 Å². The molecule has 0 radical (unpaired) electrons. The van der Waals surface area contributed by atoms with Crippen molar-refractivity contribution in [1.82, 2.24) is 15.5 Å². The molecule has 0 bridgehead atoms. The molecule has 0 saturated carbocycles. The lowest BCUT2D eigenvalue weighted by atomic mass is 10.1. The molecule has 0 saturated heterocycles. The van der Waals surface area contributed by atoms with Gasteiger partial charge in [-0.3, -0.25) is 0 Å². The molecule has 0 fully saturated rings. The monoisotopic (exact) mass is 215 g/mol. The Bertz CT molecular complexity index is 316. The molecule has 84 valence electrons. The number of halogens is 2. The molecule has 0 atom stereocenters. The molecule has 3 nitrogen and oxygen atoms in total. The number of aromatic nitrogens is 2. The van der Waals surface area contributed by atoms with Gasteiger partial charge in [0.1, 0.15) is 0 Å². The van der Waals surface area contributed by atoms with Crippen molar-refractivity contribution in [2.45, 2.75) is 33.2 Å². The lowest BCUT2D eigenvalue weighted by Crippen LogP contribution is -2.21. The van der Waals surface area contributed by atoms with Gasteiger partial charge in [0.25, 0.3) is 6.43 Å². The highest BCUT2D eigenvalue weighted by atomic mass is 19.3. The summed E-state index contributed by atoms with van der Waals surface area (Å²) in [6.45, 7) is 3.94. The minimum absolute atomic E-state index is 0.287. The molecule has 0 amide bonds. The minimum Gasteiger partial charge on any atom is -0.307 e. The summed E-state index contributed by atoms with van der Waals surface area (Å²) in [5.41, 5.74) is 2.62. The maximum Gasteiger partial charge on any atom is 0.250 e. The number of aryl methyl sites for hydroxylation is 2. The van der Waals surface area contributed by atoms with E-state index in [1.54, 1.807) is 0 Å². The van der Waals surface area contributed by atoms with Crippen LogP contribution >= 0.6 is 0 Å². The maximum absolute atomic E-state index is 11.9. The van der Waals surface area contributed by atoms with Gasteiger partial charge in [-0.1, -0.05) is 6.92 Å². The number of rotatable bonds is 5. The molecule has 1 heterocycles. The SMILES string of the molecule is CCc1nnc(C)cc1CNCC(F)F. The zero-order valence-corrected chi connectivity index (χ0v) is 8.93. The molecule has 15 heavy (non-hydrogen) atoms. The Kier molecular flexibility index (Phi) is 4.55. The third kappa shape index (κ3) is 3.87. The summed E-state index contributed by atoms with van der Waals surface area (Å²) in [5.74, 6) is 0. The Morgan fingerprint density at radius 1 is 1.40 bits per heavy atom. The quantitative estimate of drug-likeness (QED) is 0.812. The summed E-state index contributed by atoms with van der Waals surface area (Å²) >= 11 is 0. The van der Waals surface area contributed by atoms with Gasteiger partial charge in [-0.25, -0.2) is 8.78 Å². The molecule has 0 aliphatic heterocycles. The van der Waals surface area contributed by atoms with Gasteiger partial charge in [0.05, 0.1) is 17.9 Å². The fourth-order valence-electron chi connectivity index (χ4n) is 1.33. The van der Waals surface area contributed by atoms with E-state index >= 15 is 0 Å². The molecule has 1 N–H and O–H groups in total. The van der Waals surface area contributed by atoms with Crippen molar-refractivity contribution in [1.29, 1.82) is 0 Å². The molecular weight excluding hydrogens is 200 g/mol. The van der Waals surface area contributed by atoms with E-state index in [1.165, 1.54) is 0 Å². The molecule has 0 aliphatic rings. The largest absolute Gasteiger partial charge is 0.307 e. The smallest absolute Gasteiger partial charge is 0.250 e. The molecule has 5 heteroatoms. The van der Waals surface area contributed by atoms with Crippen LogP contribution in [-0.2, 0) is 13.0 Å². The zero-order chi connectivity index (χ0) is 11.3. The standard InChI is InChI=1S/C10H15F2N3/c1-3-9-8(4-7(2)14-15-9)5-13-6-10(11)12/h4,10,13H,3,5-6H2,1-2H3. The average Bonchev–Trinajstić information content (AvgIpc) is 2.17. The number of hydrogen-bond donors (Lipinski definition) is 1. The number of nitrogens with zero attached hydrogens (tertiary/aromatic N) is 2. The average molecular weight is 215 g/mol. The molecule has 0 aliphatic carbocycles. The van der Waals surface area contributed by atoms with Crippen molar-refractivity contribution in [3.05, 3.63) is 23.0 Å². The van der Waals surface area contributed by atoms with E-state index in [4.69, 9.17) is 0 Å². The topological polar surface area (TPSA) is 37.8 Å². The van der Waals surface area contributed by atoms with Crippen molar-refractivity contribution < 1.29 is 8.78 Å². The van der Waals surface area contributed by atoms with Crippen molar-refractivity contribution in [3.63, 3.8) is 0 Å². The van der Waals surface area contributed by atoms with Gasteiger partial charge in [-0.15, -0.1) is 0 Å². The number of nitrogens with one attached hydrogen (secondary N) is 1. The van der Waals surface area contributed by atoms with Crippen molar-refractivity contribution in [2.24, 2.45) is 0 Å². The summed E-state index contributed by atoms with van der Waals surface area (Å²) in [5, 5.41) is 10.6. The van der Waals surface area contributed by atoms with Gasteiger partial charge >= 0.3 is 0 Å². The second kappa shape index (κ2) is 5.70. The normalized spacial score (nSPS) is 11.0. The lowest BCUT2D eigenvalue weighted by Gasteiger charge is -2.08. The van der Waals surface area contributed by atoms with Crippen LogP contribution < -0.4 is 5.32 Å². The van der Waals surface area contributed by atoms with E-state index in [-0.39, 0.29) is 6.54 Å². The minimum atomic E-state index is -2.31. The number of alkyl halides is 2. The molecule has 0 unspecified atom stereocenters. The molecule has 1 aromatic heterocycles. The lowest BCUT2D eigenvalue weighted by molar-refractivity contribution is 0.145. The van der Waals surface area contributed by atoms with Crippen LogP contribution in [0.5, 0.6) is 0 Å². The van der Waals surface area contributed by atoms with Crippen LogP contribution in [0.15, 0.2) is 6.07 Å². The summed E-state index contributed by atoms with van der Waals surface area (Å²) < 4.78 is 23.8. The van der Waals surface area contributed by atoms with Crippen molar-refractivity contribution in [2.75, 3.05) is 6.54 Å². The van der Waals surface area contributed by atoms with Crippen molar-refractivity contribution in [3.8, 4) is 0 Å². The summed E-state index contributed by atoms with van der Waals surface area (Å²) in [4.78, 5) is 0. The van der Waals surface area contributed by atoms with E-state index < -0.39 is 6.43 Å². The fraction of sp³-hybridized carbons (Fsp3) is 0.600. The van der Waals surface area contributed by atoms with Crippen LogP contribution in [0.2, 0.25) is 0 Å². The van der Waals surface area contributed by atoms with Gasteiger partial charge in [-0.05, 0) is 25.0 Å². The number of hydrogen-bond acceptors (Lipinski definition) is 3. The van der Waals surface area contributed by atoms with Crippen LogP contribution in [0.3, 0.4) is 0 Å². The van der Waals surface area contributed by atoms with E-state index in [1.807, 2.05) is 19.9 Å². The van der Waals surface area contributed by atoms with Gasteiger partial charge < -0.3 is 5.32 Å². The third-order valence-electron chi connectivity index (χ3n) is 2.03. The Labute approximate surface area is 87.9 Å². The molecule has 1 rings (SSSR count). The highest BCUT2D eigenvalue weighted by Crippen LogP contribution is 2.07. The fourth-order valence-corrected chi connectivity index (χ4v) is 1.33. The Morgan fingerprint density at radius 2 is 2.13 bits per heavy atom. The third-order valence-corrected chi connectivity index (χ3v) is 2.03. The summed E-state index contributed by atoms with van der Waals surface area (Å²) in [7, 11) is 0. The Hall–Kier alpha value is -1.10. The van der Waals surface area contributed by atoms with Crippen LogP contribution in [0.4, 0.5) is 8.78 Å². The van der Waals surface area contributed by atoms with Gasteiger partial charge in [-0.2, -0.15) is 10.2 Å². The summed E-state index contributed by atoms with van der Waals surface area (Å²) in [6, 6.07) is 1.88. The first-order chi connectivity index (χ1) is 7.13. The molecular formula is C10H15F2N3. The van der Waals surface area contributed by atoms with Gasteiger partial charge in [0.15, 0.2) is 0 Å². The van der Waals surface area contributed by atoms with E-state index in [0.29, 0.717) is 6.54 Å². The second-order valence-electron chi connectivity index (χ2n) is 3.33. The van der Waals surface area contributed by atoms with Crippen LogP contribution in [0.25, 0.3) is 0 Å². The second-order valence-corrected chi connectivity index (χ2v) is 3.33. The van der Waals surface area contributed by atoms with Crippen LogP contribution in [0, 0.1) is 6.92 Å². The van der Waals surface area contributed by atoms with Gasteiger partial charge in [0, 0.05) is 6.54 Å². The molecule has 0 aromatic carbocycles. The maximum atomic E-state index is 11.9. The van der Waals surface area contributed by atoms with Crippen molar-refractivity contribution >= 4 is 0 Å². The van der Waals surface area contributed by atoms with E-state index in [0.717, 1.165) is 23.4 Å². The van der Waals surface area contributed by atoms with Gasteiger partial charge in [0.2, 0.25) is 0 Å². The zero-order valence-electron chi connectivity index (χ0n) is 8.93. The summed E-state index contributed by atoms with van der Waals surface area (Å²) in [6.07, 6.45) is -1.55. The molecule has 0 spiro atoms. The first-order valence-corrected chi connectivity index (χ1v) is 4.94. The Balaban J connectivity index is 2.62. The highest BCUT2D eigenvalue weighted by molar-refractivity contribution is 5.20. The first kappa shape index (κ1) is 12.0. The predicted molar refractivity (Wildman–Crippen MR) is 53.9 cm³/mol. The van der Waals surface area contributed by atoms with E-state index in [9.17, 15) is 8.78 Å². The van der Waals surface area contributed by atoms with E-state index in [2.05, 4.69) is 15.5 Å². The molecule has 1 aromatic rings. The predicted octanol–water partition coefficient (Wildman–Crippen LogP) is 1.70. The van der Waals surface area contributed by atoms with Crippen LogP contribution in [-0.4, -0.2) is 23.2 Å².